The molecule has 1 N–H and O–H groups in total. The fraction of sp³-hybridized carbons (Fsp3) is 0.333. The van der Waals surface area contributed by atoms with Gasteiger partial charge >= 0.3 is 5.97 Å². The lowest BCUT2D eigenvalue weighted by atomic mass is 10.3. The van der Waals surface area contributed by atoms with Gasteiger partial charge in [-0.05, 0) is 0 Å². The van der Waals surface area contributed by atoms with Gasteiger partial charge in [-0.1, -0.05) is 0 Å². The van der Waals surface area contributed by atoms with Gasteiger partial charge in [0.1, 0.15) is 6.54 Å². The van der Waals surface area contributed by atoms with Crippen molar-refractivity contribution >= 4 is 11.9 Å². The zero-order valence-electron chi connectivity index (χ0n) is 11.2. The Balaban J connectivity index is 1.94. The molecule has 20 heavy (non-hydrogen) atoms. The zero-order chi connectivity index (χ0) is 14.7. The Bertz CT molecular complexity index is 631. The second-order valence-electron chi connectivity index (χ2n) is 4.50. The maximum Gasteiger partial charge on any atom is 0.338 e. The number of aromatic carboxylic acids is 1. The minimum atomic E-state index is -1.06. The van der Waals surface area contributed by atoms with Crippen LogP contribution in [0.25, 0.3) is 0 Å². The number of aryl methyl sites for hydroxylation is 1. The first-order valence-corrected chi connectivity index (χ1v) is 5.93. The van der Waals surface area contributed by atoms with Crippen molar-refractivity contribution in [3.8, 4) is 0 Å². The van der Waals surface area contributed by atoms with Crippen molar-refractivity contribution in [3.05, 3.63) is 35.9 Å². The van der Waals surface area contributed by atoms with Gasteiger partial charge in [0.25, 0.3) is 0 Å². The number of carbonyl (C=O) groups excluding carboxylic acids is 1. The first kappa shape index (κ1) is 13.8. The van der Waals surface area contributed by atoms with Crippen LogP contribution in [0.4, 0.5) is 0 Å². The summed E-state index contributed by atoms with van der Waals surface area (Å²) in [5.74, 6) is -1.22. The molecule has 0 fully saturated rings. The van der Waals surface area contributed by atoms with E-state index >= 15 is 0 Å². The number of rotatable bonds is 5. The monoisotopic (exact) mass is 277 g/mol. The van der Waals surface area contributed by atoms with E-state index in [-0.39, 0.29) is 18.0 Å². The molecule has 8 heteroatoms. The van der Waals surface area contributed by atoms with Crippen LogP contribution < -0.4 is 0 Å². The van der Waals surface area contributed by atoms with Crippen LogP contribution in [0.2, 0.25) is 0 Å². The van der Waals surface area contributed by atoms with Gasteiger partial charge in [-0.3, -0.25) is 14.2 Å². The minimum absolute atomic E-state index is 0.00401. The van der Waals surface area contributed by atoms with E-state index in [4.69, 9.17) is 5.11 Å². The molecular formula is C12H15N5O3. The van der Waals surface area contributed by atoms with Crippen molar-refractivity contribution in [2.45, 2.75) is 13.1 Å². The lowest BCUT2D eigenvalue weighted by molar-refractivity contribution is -0.131. The van der Waals surface area contributed by atoms with Gasteiger partial charge in [-0.2, -0.15) is 10.2 Å². The molecule has 2 aromatic heterocycles. The smallest absolute Gasteiger partial charge is 0.338 e. The van der Waals surface area contributed by atoms with Crippen LogP contribution in [0.1, 0.15) is 15.9 Å². The van der Waals surface area contributed by atoms with E-state index in [1.165, 1.54) is 17.1 Å². The molecule has 0 aliphatic heterocycles. The van der Waals surface area contributed by atoms with Crippen molar-refractivity contribution in [3.63, 3.8) is 0 Å². The average Bonchev–Trinajstić information content (AvgIpc) is 2.98. The van der Waals surface area contributed by atoms with Crippen LogP contribution in [-0.4, -0.2) is 48.5 Å². The summed E-state index contributed by atoms with van der Waals surface area (Å²) in [6, 6.07) is 0. The summed E-state index contributed by atoms with van der Waals surface area (Å²) in [6.45, 7) is 0.448. The van der Waals surface area contributed by atoms with Gasteiger partial charge in [-0.15, -0.1) is 0 Å². The number of nitrogens with zero attached hydrogens (tertiary/aromatic N) is 5. The van der Waals surface area contributed by atoms with Gasteiger partial charge in [0.05, 0.1) is 18.0 Å². The lowest BCUT2D eigenvalue weighted by Crippen LogP contribution is -2.29. The predicted molar refractivity (Wildman–Crippen MR) is 68.9 cm³/mol. The number of hydrogen-bond acceptors (Lipinski definition) is 4. The second-order valence-corrected chi connectivity index (χ2v) is 4.50. The highest BCUT2D eigenvalue weighted by Gasteiger charge is 2.13. The molecule has 0 saturated carbocycles. The second kappa shape index (κ2) is 5.55. The summed E-state index contributed by atoms with van der Waals surface area (Å²) in [6.07, 6.45) is 6.08. The molecule has 0 spiro atoms. The van der Waals surface area contributed by atoms with Crippen molar-refractivity contribution in [2.24, 2.45) is 7.05 Å². The van der Waals surface area contributed by atoms with Crippen molar-refractivity contribution in [1.82, 2.24) is 24.5 Å². The van der Waals surface area contributed by atoms with Crippen LogP contribution in [-0.2, 0) is 24.9 Å². The Hall–Kier alpha value is -2.64. The van der Waals surface area contributed by atoms with Crippen molar-refractivity contribution in [2.75, 3.05) is 7.05 Å². The molecule has 0 atom stereocenters. The third-order valence-electron chi connectivity index (χ3n) is 2.78. The average molecular weight is 277 g/mol. The number of carboxylic acids is 1. The fourth-order valence-electron chi connectivity index (χ4n) is 1.74. The third kappa shape index (κ3) is 3.22. The predicted octanol–water partition coefficient (Wildman–Crippen LogP) is -0.0266. The van der Waals surface area contributed by atoms with Gasteiger partial charge in [0.2, 0.25) is 5.91 Å². The molecule has 0 radical (unpaired) electrons. The highest BCUT2D eigenvalue weighted by molar-refractivity contribution is 5.87. The van der Waals surface area contributed by atoms with E-state index in [2.05, 4.69) is 10.2 Å². The molecular weight excluding hydrogens is 262 g/mol. The van der Waals surface area contributed by atoms with E-state index < -0.39 is 5.97 Å². The Labute approximate surface area is 115 Å². The number of amides is 1. The summed E-state index contributed by atoms with van der Waals surface area (Å²) < 4.78 is 2.98. The molecule has 0 saturated heterocycles. The first-order valence-electron chi connectivity index (χ1n) is 5.93. The molecule has 1 amide bonds. The van der Waals surface area contributed by atoms with Gasteiger partial charge < -0.3 is 10.0 Å². The Morgan fingerprint density at radius 3 is 2.60 bits per heavy atom. The van der Waals surface area contributed by atoms with Crippen molar-refractivity contribution < 1.29 is 14.7 Å². The van der Waals surface area contributed by atoms with E-state index in [9.17, 15) is 9.59 Å². The van der Waals surface area contributed by atoms with E-state index in [0.29, 0.717) is 6.54 Å². The molecule has 2 heterocycles. The summed E-state index contributed by atoms with van der Waals surface area (Å²) in [4.78, 5) is 24.3. The number of hydrogen-bond donors (Lipinski definition) is 1. The highest BCUT2D eigenvalue weighted by Crippen LogP contribution is 2.03. The fourth-order valence-corrected chi connectivity index (χ4v) is 1.74. The normalized spacial score (nSPS) is 10.5. The SMILES string of the molecule is CN(Cc1cnn(C)c1)C(=O)Cn1cc(C(=O)O)cn1. The maximum absolute atomic E-state index is 12.0. The minimum Gasteiger partial charge on any atom is -0.478 e. The van der Waals surface area contributed by atoms with Crippen LogP contribution in [0.3, 0.4) is 0 Å². The van der Waals surface area contributed by atoms with Gasteiger partial charge in [0.15, 0.2) is 0 Å². The molecule has 0 aliphatic rings. The Morgan fingerprint density at radius 2 is 2.05 bits per heavy atom. The third-order valence-corrected chi connectivity index (χ3v) is 2.78. The van der Waals surface area contributed by atoms with Crippen LogP contribution >= 0.6 is 0 Å². The summed E-state index contributed by atoms with van der Waals surface area (Å²) >= 11 is 0. The standard InChI is InChI=1S/C12H15N5O3/c1-15(5-9-3-13-16(2)6-9)11(18)8-17-7-10(4-14-17)12(19)20/h3-4,6-7H,5,8H2,1-2H3,(H,19,20). The molecule has 8 nitrogen and oxygen atoms in total. The topological polar surface area (TPSA) is 93.2 Å². The molecule has 0 unspecified atom stereocenters. The maximum atomic E-state index is 12.0. The van der Waals surface area contributed by atoms with Crippen molar-refractivity contribution in [1.29, 1.82) is 0 Å². The first-order chi connectivity index (χ1) is 9.45. The van der Waals surface area contributed by atoms with E-state index in [1.54, 1.807) is 22.8 Å². The quantitative estimate of drug-likeness (QED) is 0.828. The summed E-state index contributed by atoms with van der Waals surface area (Å²) in [5, 5.41) is 16.7. The van der Waals surface area contributed by atoms with Gasteiger partial charge in [-0.25, -0.2) is 4.79 Å². The molecule has 106 valence electrons. The molecule has 2 aromatic rings. The number of carboxylic acid groups (broad SMARTS) is 1. The number of carbonyl (C=O) groups is 2. The van der Waals surface area contributed by atoms with Crippen LogP contribution in [0, 0.1) is 0 Å². The number of aromatic nitrogens is 4. The lowest BCUT2D eigenvalue weighted by Gasteiger charge is -2.16. The van der Waals surface area contributed by atoms with Crippen LogP contribution in [0.5, 0.6) is 0 Å². The summed E-state index contributed by atoms with van der Waals surface area (Å²) in [7, 11) is 3.49. The molecule has 2 rings (SSSR count). The number of likely N-dealkylation sites (N-methyl/N-ethyl adjacent to an activating group) is 1. The van der Waals surface area contributed by atoms with Gasteiger partial charge in [0, 0.05) is 38.6 Å². The van der Waals surface area contributed by atoms with E-state index in [1.807, 2.05) is 13.2 Å². The largest absolute Gasteiger partial charge is 0.478 e. The van der Waals surface area contributed by atoms with E-state index in [0.717, 1.165) is 5.56 Å². The zero-order valence-corrected chi connectivity index (χ0v) is 11.2. The molecule has 0 aliphatic carbocycles. The Kier molecular flexibility index (Phi) is 3.83. The molecule has 0 bridgehead atoms. The van der Waals surface area contributed by atoms with Crippen LogP contribution in [0.15, 0.2) is 24.8 Å². The summed E-state index contributed by atoms with van der Waals surface area (Å²) in [5.41, 5.74) is 0.989. The Morgan fingerprint density at radius 1 is 1.30 bits per heavy atom. The molecule has 0 aromatic carbocycles. The highest BCUT2D eigenvalue weighted by atomic mass is 16.4.